The lowest BCUT2D eigenvalue weighted by molar-refractivity contribution is -0.172. The van der Waals surface area contributed by atoms with Crippen LogP contribution < -0.4 is 0 Å². The van der Waals surface area contributed by atoms with Gasteiger partial charge in [-0.1, -0.05) is 13.8 Å². The van der Waals surface area contributed by atoms with E-state index >= 15 is 0 Å². The predicted octanol–water partition coefficient (Wildman–Crippen LogP) is 1.18. The molecule has 1 saturated carbocycles. The maximum atomic E-state index is 9.29. The molecule has 2 nitrogen and oxygen atoms in total. The van der Waals surface area contributed by atoms with Crippen molar-refractivity contribution in [2.45, 2.75) is 39.4 Å². The van der Waals surface area contributed by atoms with E-state index in [0.29, 0.717) is 0 Å². The van der Waals surface area contributed by atoms with Crippen molar-refractivity contribution in [3.63, 3.8) is 0 Å². The Kier molecular flexibility index (Phi) is 2.02. The minimum absolute atomic E-state index is 0.0178. The zero-order chi connectivity index (χ0) is 7.78. The second kappa shape index (κ2) is 2.51. The Morgan fingerprint density at radius 2 is 2.20 bits per heavy atom. The maximum Gasteiger partial charge on any atom is 0.0675 e. The van der Waals surface area contributed by atoms with Gasteiger partial charge < -0.3 is 9.84 Å². The highest BCUT2D eigenvalue weighted by molar-refractivity contribution is 4.97. The Bertz CT molecular complexity index is 118. The van der Waals surface area contributed by atoms with Crippen LogP contribution >= 0.6 is 0 Å². The lowest BCUT2D eigenvalue weighted by Crippen LogP contribution is -2.54. The molecule has 60 valence electrons. The highest BCUT2D eigenvalue weighted by Gasteiger charge is 2.47. The first kappa shape index (κ1) is 8.02. The van der Waals surface area contributed by atoms with Gasteiger partial charge in [-0.05, 0) is 6.92 Å². The summed E-state index contributed by atoms with van der Waals surface area (Å²) in [5, 5.41) is 9.29. The SMILES string of the molecule is CCO[C@H]1C[C@H](O)C1(C)C. The van der Waals surface area contributed by atoms with Crippen LogP contribution in [-0.4, -0.2) is 23.9 Å². The number of aliphatic hydroxyl groups is 1. The summed E-state index contributed by atoms with van der Waals surface area (Å²) in [7, 11) is 0. The largest absolute Gasteiger partial charge is 0.392 e. The Labute approximate surface area is 62.2 Å². The van der Waals surface area contributed by atoms with Crippen LogP contribution in [-0.2, 0) is 4.74 Å². The van der Waals surface area contributed by atoms with Crippen LogP contribution in [0.4, 0.5) is 0 Å². The number of aliphatic hydroxyl groups excluding tert-OH is 1. The molecule has 1 aliphatic rings. The summed E-state index contributed by atoms with van der Waals surface area (Å²) in [4.78, 5) is 0. The molecule has 2 atom stereocenters. The average Bonchev–Trinajstić information content (AvgIpc) is 1.88. The van der Waals surface area contributed by atoms with Gasteiger partial charge >= 0.3 is 0 Å². The molecule has 0 radical (unpaired) electrons. The van der Waals surface area contributed by atoms with Gasteiger partial charge in [0.2, 0.25) is 0 Å². The van der Waals surface area contributed by atoms with Gasteiger partial charge in [0.25, 0.3) is 0 Å². The van der Waals surface area contributed by atoms with Crippen LogP contribution in [0.2, 0.25) is 0 Å². The smallest absolute Gasteiger partial charge is 0.0675 e. The molecule has 0 aromatic rings. The first-order chi connectivity index (χ1) is 4.59. The first-order valence-electron chi connectivity index (χ1n) is 3.88. The highest BCUT2D eigenvalue weighted by Crippen LogP contribution is 2.42. The second-order valence-corrected chi connectivity index (χ2v) is 3.52. The fourth-order valence-electron chi connectivity index (χ4n) is 1.35. The molecule has 1 aliphatic carbocycles. The van der Waals surface area contributed by atoms with E-state index < -0.39 is 0 Å². The van der Waals surface area contributed by atoms with Crippen molar-refractivity contribution >= 4 is 0 Å². The van der Waals surface area contributed by atoms with Crippen molar-refractivity contribution in [2.75, 3.05) is 6.61 Å². The van der Waals surface area contributed by atoms with E-state index in [1.165, 1.54) is 0 Å². The molecule has 0 spiro atoms. The van der Waals surface area contributed by atoms with Crippen molar-refractivity contribution in [3.05, 3.63) is 0 Å². The molecule has 0 amide bonds. The van der Waals surface area contributed by atoms with Gasteiger partial charge in [-0.3, -0.25) is 0 Å². The van der Waals surface area contributed by atoms with Gasteiger partial charge in [0.15, 0.2) is 0 Å². The second-order valence-electron chi connectivity index (χ2n) is 3.52. The standard InChI is InChI=1S/C8H16O2/c1-4-10-7-5-6(9)8(7,2)3/h6-7,9H,4-5H2,1-3H3/t6-,7-/m0/s1. The number of rotatable bonds is 2. The van der Waals surface area contributed by atoms with Gasteiger partial charge in [-0.25, -0.2) is 0 Å². The van der Waals surface area contributed by atoms with Crippen LogP contribution in [0, 0.1) is 5.41 Å². The molecule has 0 heterocycles. The molecule has 10 heavy (non-hydrogen) atoms. The first-order valence-corrected chi connectivity index (χ1v) is 3.88. The summed E-state index contributed by atoms with van der Waals surface area (Å²) in [5.74, 6) is 0. The minimum atomic E-state index is -0.163. The minimum Gasteiger partial charge on any atom is -0.392 e. The maximum absolute atomic E-state index is 9.29. The van der Waals surface area contributed by atoms with Gasteiger partial charge in [0, 0.05) is 18.4 Å². The molecule has 1 N–H and O–H groups in total. The predicted molar refractivity (Wildman–Crippen MR) is 39.8 cm³/mol. The Hall–Kier alpha value is -0.0800. The molecule has 0 aromatic heterocycles. The van der Waals surface area contributed by atoms with Crippen LogP contribution in [0.15, 0.2) is 0 Å². The molecule has 0 bridgehead atoms. The third-order valence-electron chi connectivity index (χ3n) is 2.49. The van der Waals surface area contributed by atoms with E-state index in [-0.39, 0.29) is 17.6 Å². The van der Waals surface area contributed by atoms with Gasteiger partial charge in [-0.15, -0.1) is 0 Å². The zero-order valence-corrected chi connectivity index (χ0v) is 6.92. The molecule has 1 rings (SSSR count). The molecule has 0 saturated heterocycles. The average molecular weight is 144 g/mol. The summed E-state index contributed by atoms with van der Waals surface area (Å²) >= 11 is 0. The third kappa shape index (κ3) is 1.06. The summed E-state index contributed by atoms with van der Waals surface area (Å²) in [6.07, 6.45) is 0.914. The highest BCUT2D eigenvalue weighted by atomic mass is 16.5. The normalized spacial score (nSPS) is 37.2. The van der Waals surface area contributed by atoms with E-state index in [1.807, 2.05) is 20.8 Å². The summed E-state index contributed by atoms with van der Waals surface area (Å²) in [6.45, 7) is 6.82. The van der Waals surface area contributed by atoms with E-state index in [1.54, 1.807) is 0 Å². The molecular formula is C8H16O2. The van der Waals surface area contributed by atoms with Crippen molar-refractivity contribution < 1.29 is 9.84 Å². The molecule has 0 unspecified atom stereocenters. The quantitative estimate of drug-likeness (QED) is 0.630. The van der Waals surface area contributed by atoms with Gasteiger partial charge in [0.05, 0.1) is 12.2 Å². The van der Waals surface area contributed by atoms with Crippen LogP contribution in [0.1, 0.15) is 27.2 Å². The van der Waals surface area contributed by atoms with Crippen LogP contribution in [0.25, 0.3) is 0 Å². The molecule has 0 aliphatic heterocycles. The van der Waals surface area contributed by atoms with Crippen molar-refractivity contribution in [3.8, 4) is 0 Å². The lowest BCUT2D eigenvalue weighted by atomic mass is 9.66. The van der Waals surface area contributed by atoms with Gasteiger partial charge in [0.1, 0.15) is 0 Å². The number of ether oxygens (including phenoxy) is 1. The van der Waals surface area contributed by atoms with Crippen molar-refractivity contribution in [1.82, 2.24) is 0 Å². The topological polar surface area (TPSA) is 29.5 Å². The van der Waals surface area contributed by atoms with E-state index in [2.05, 4.69) is 0 Å². The number of hydrogen-bond acceptors (Lipinski definition) is 2. The molecular weight excluding hydrogens is 128 g/mol. The Morgan fingerprint density at radius 3 is 2.50 bits per heavy atom. The fraction of sp³-hybridized carbons (Fsp3) is 1.00. The summed E-state index contributed by atoms with van der Waals surface area (Å²) in [6, 6.07) is 0. The Balaban J connectivity index is 2.39. The number of hydrogen-bond donors (Lipinski definition) is 1. The van der Waals surface area contributed by atoms with Crippen LogP contribution in [0.3, 0.4) is 0 Å². The molecule has 1 fully saturated rings. The van der Waals surface area contributed by atoms with E-state index in [9.17, 15) is 5.11 Å². The van der Waals surface area contributed by atoms with Crippen molar-refractivity contribution in [1.29, 1.82) is 0 Å². The van der Waals surface area contributed by atoms with E-state index in [0.717, 1.165) is 13.0 Å². The van der Waals surface area contributed by atoms with Gasteiger partial charge in [-0.2, -0.15) is 0 Å². The fourth-order valence-corrected chi connectivity index (χ4v) is 1.35. The van der Waals surface area contributed by atoms with E-state index in [4.69, 9.17) is 4.74 Å². The summed E-state index contributed by atoms with van der Waals surface area (Å²) in [5.41, 5.74) is -0.0178. The molecule has 0 aromatic carbocycles. The van der Waals surface area contributed by atoms with Crippen LogP contribution in [0.5, 0.6) is 0 Å². The zero-order valence-electron chi connectivity index (χ0n) is 6.92. The lowest BCUT2D eigenvalue weighted by Gasteiger charge is -2.48. The monoisotopic (exact) mass is 144 g/mol. The van der Waals surface area contributed by atoms with Crippen molar-refractivity contribution in [2.24, 2.45) is 5.41 Å². The molecule has 2 heteroatoms. The summed E-state index contributed by atoms with van der Waals surface area (Å²) < 4.78 is 5.40. The third-order valence-corrected chi connectivity index (χ3v) is 2.49. The Morgan fingerprint density at radius 1 is 1.60 bits per heavy atom.